The number of carbonyl (C=O) groups is 2. The van der Waals surface area contributed by atoms with E-state index in [9.17, 15) is 14.7 Å². The van der Waals surface area contributed by atoms with Gasteiger partial charge in [0.05, 0.1) is 25.4 Å². The number of nitrogens with one attached hydrogen (secondary N) is 1. The van der Waals surface area contributed by atoms with Crippen LogP contribution in [-0.2, 0) is 25.6 Å². The molecule has 0 fully saturated rings. The van der Waals surface area contributed by atoms with E-state index in [1.807, 2.05) is 30.3 Å². The maximum atomic E-state index is 12.0. The lowest BCUT2D eigenvalue weighted by atomic mass is 10.1. The molecular weight excluding hydrogens is 350 g/mol. The van der Waals surface area contributed by atoms with Crippen LogP contribution >= 0.6 is 0 Å². The summed E-state index contributed by atoms with van der Waals surface area (Å²) in [6.45, 7) is 6.59. The first-order chi connectivity index (χ1) is 12.7. The fourth-order valence-electron chi connectivity index (χ4n) is 2.12. The predicted molar refractivity (Wildman–Crippen MR) is 101 cm³/mol. The van der Waals surface area contributed by atoms with Crippen molar-refractivity contribution in [2.45, 2.75) is 52.0 Å². The molecule has 2 atom stereocenters. The van der Waals surface area contributed by atoms with Gasteiger partial charge in [-0.3, -0.25) is 4.79 Å². The third-order valence-electron chi connectivity index (χ3n) is 3.29. The monoisotopic (exact) mass is 379 g/mol. The summed E-state index contributed by atoms with van der Waals surface area (Å²) in [6.07, 6.45) is 1.96. The second-order valence-electron chi connectivity index (χ2n) is 6.93. The van der Waals surface area contributed by atoms with Gasteiger partial charge >= 0.3 is 12.1 Å². The Labute approximate surface area is 160 Å². The van der Waals surface area contributed by atoms with Crippen LogP contribution in [0.1, 0.15) is 33.3 Å². The highest BCUT2D eigenvalue weighted by Crippen LogP contribution is 2.11. The number of hydrogen-bond acceptors (Lipinski definition) is 6. The Hall–Kier alpha value is -2.38. The molecule has 1 amide bonds. The zero-order valence-corrected chi connectivity index (χ0v) is 16.3. The lowest BCUT2D eigenvalue weighted by Crippen LogP contribution is -2.47. The number of hydrogen-bond donors (Lipinski definition) is 2. The molecule has 0 aliphatic heterocycles. The van der Waals surface area contributed by atoms with E-state index in [0.717, 1.165) is 5.56 Å². The van der Waals surface area contributed by atoms with Gasteiger partial charge in [0.25, 0.3) is 0 Å². The van der Waals surface area contributed by atoms with E-state index in [-0.39, 0.29) is 19.8 Å². The molecule has 0 bridgehead atoms. The molecule has 0 saturated heterocycles. The maximum Gasteiger partial charge on any atom is 0.408 e. The number of amides is 1. The van der Waals surface area contributed by atoms with Gasteiger partial charge in [0.1, 0.15) is 12.2 Å². The van der Waals surface area contributed by atoms with E-state index in [1.165, 1.54) is 6.92 Å². The molecule has 0 aliphatic carbocycles. The van der Waals surface area contributed by atoms with E-state index in [4.69, 9.17) is 14.2 Å². The lowest BCUT2D eigenvalue weighted by Gasteiger charge is -2.27. The van der Waals surface area contributed by atoms with Crippen molar-refractivity contribution in [2.75, 3.05) is 13.2 Å². The summed E-state index contributed by atoms with van der Waals surface area (Å²) >= 11 is 0. The molecule has 0 aromatic heterocycles. The minimum absolute atomic E-state index is 0.0745. The second-order valence-corrected chi connectivity index (χ2v) is 6.93. The highest BCUT2D eigenvalue weighted by Gasteiger charge is 2.24. The Morgan fingerprint density at radius 2 is 1.89 bits per heavy atom. The van der Waals surface area contributed by atoms with Crippen molar-refractivity contribution in [1.82, 2.24) is 5.32 Å². The molecule has 7 nitrogen and oxygen atoms in total. The number of ether oxygens (including phenoxy) is 3. The molecule has 27 heavy (non-hydrogen) atoms. The second kappa shape index (κ2) is 11.4. The highest BCUT2D eigenvalue weighted by atomic mass is 16.6. The van der Waals surface area contributed by atoms with E-state index in [0.29, 0.717) is 0 Å². The van der Waals surface area contributed by atoms with Crippen molar-refractivity contribution in [3.63, 3.8) is 0 Å². The van der Waals surface area contributed by atoms with Gasteiger partial charge in [-0.25, -0.2) is 4.79 Å². The van der Waals surface area contributed by atoms with Gasteiger partial charge in [-0.05, 0) is 32.4 Å². The van der Waals surface area contributed by atoms with Gasteiger partial charge in [-0.2, -0.15) is 0 Å². The predicted octanol–water partition coefficient (Wildman–Crippen LogP) is 2.58. The number of esters is 1. The Morgan fingerprint density at radius 1 is 1.22 bits per heavy atom. The third kappa shape index (κ3) is 10.4. The number of aliphatic hydroxyl groups excluding tert-OH is 1. The van der Waals surface area contributed by atoms with Crippen molar-refractivity contribution in [2.24, 2.45) is 0 Å². The molecule has 0 aliphatic rings. The van der Waals surface area contributed by atoms with Crippen molar-refractivity contribution in [3.05, 3.63) is 48.0 Å². The van der Waals surface area contributed by atoms with Gasteiger partial charge in [0.2, 0.25) is 0 Å². The van der Waals surface area contributed by atoms with Crippen molar-refractivity contribution in [3.8, 4) is 0 Å². The Bertz CT molecular complexity index is 609. The highest BCUT2D eigenvalue weighted by molar-refractivity contribution is 5.68. The fraction of sp³-hybridized carbons (Fsp3) is 0.500. The van der Waals surface area contributed by atoms with E-state index < -0.39 is 29.8 Å². The summed E-state index contributed by atoms with van der Waals surface area (Å²) in [7, 11) is 0. The molecule has 0 radical (unpaired) electrons. The SMILES string of the molecule is CC(=O)OC/C=C\[C@H](OCc1ccccc1)[C@H](CO)NC(=O)OC(C)(C)C. The van der Waals surface area contributed by atoms with E-state index in [2.05, 4.69) is 5.32 Å². The van der Waals surface area contributed by atoms with Crippen LogP contribution in [0.25, 0.3) is 0 Å². The minimum atomic E-state index is -0.725. The Balaban J connectivity index is 2.78. The molecule has 1 rings (SSSR count). The summed E-state index contributed by atoms with van der Waals surface area (Å²) < 4.78 is 16.0. The molecule has 1 aromatic rings. The molecule has 0 unspecified atom stereocenters. The topological polar surface area (TPSA) is 94.1 Å². The first-order valence-corrected chi connectivity index (χ1v) is 8.77. The van der Waals surface area contributed by atoms with Gasteiger partial charge in [-0.15, -0.1) is 0 Å². The van der Waals surface area contributed by atoms with E-state index >= 15 is 0 Å². The van der Waals surface area contributed by atoms with Crippen LogP contribution in [0.2, 0.25) is 0 Å². The Kier molecular flexibility index (Phi) is 9.53. The molecule has 7 heteroatoms. The number of aliphatic hydroxyl groups is 1. The summed E-state index contributed by atoms with van der Waals surface area (Å²) in [5.41, 5.74) is 0.292. The molecule has 150 valence electrons. The van der Waals surface area contributed by atoms with Gasteiger partial charge < -0.3 is 24.6 Å². The molecule has 2 N–H and O–H groups in total. The molecule has 0 heterocycles. The lowest BCUT2D eigenvalue weighted by molar-refractivity contribution is -0.139. The van der Waals surface area contributed by atoms with Crippen molar-refractivity contribution >= 4 is 12.1 Å². The smallest absolute Gasteiger partial charge is 0.408 e. The van der Waals surface area contributed by atoms with E-state index in [1.54, 1.807) is 32.9 Å². The third-order valence-corrected chi connectivity index (χ3v) is 3.29. The quantitative estimate of drug-likeness (QED) is 0.506. The van der Waals surface area contributed by atoms with Gasteiger partial charge in [0, 0.05) is 6.92 Å². The normalized spacial score (nSPS) is 13.8. The average Bonchev–Trinajstić information content (AvgIpc) is 2.58. The van der Waals surface area contributed by atoms with Crippen molar-refractivity contribution < 1.29 is 28.9 Å². The van der Waals surface area contributed by atoms with Gasteiger partial charge in [0.15, 0.2) is 0 Å². The van der Waals surface area contributed by atoms with Crippen LogP contribution in [0, 0.1) is 0 Å². The molecular formula is C20H29NO6. The zero-order chi connectivity index (χ0) is 20.3. The van der Waals surface area contributed by atoms with Gasteiger partial charge in [-0.1, -0.05) is 36.4 Å². The summed E-state index contributed by atoms with van der Waals surface area (Å²) in [5.74, 6) is -0.396. The summed E-state index contributed by atoms with van der Waals surface area (Å²) in [4.78, 5) is 22.9. The molecule has 0 saturated carbocycles. The number of rotatable bonds is 9. The first kappa shape index (κ1) is 22.7. The van der Waals surface area contributed by atoms with Crippen LogP contribution in [0.5, 0.6) is 0 Å². The standard InChI is InChI=1S/C20H29NO6/c1-15(23)25-12-8-11-18(26-14-16-9-6-5-7-10-16)17(13-22)21-19(24)27-20(2,3)4/h5-11,17-18,22H,12-14H2,1-4H3,(H,21,24)/b11-8-/t17-,18-/m0/s1. The average molecular weight is 379 g/mol. The number of benzene rings is 1. The largest absolute Gasteiger partial charge is 0.462 e. The van der Waals surface area contributed by atoms with Crippen LogP contribution in [0.15, 0.2) is 42.5 Å². The fourth-order valence-corrected chi connectivity index (χ4v) is 2.12. The summed E-state index contributed by atoms with van der Waals surface area (Å²) in [6, 6.07) is 8.79. The van der Waals surface area contributed by atoms with Crippen LogP contribution in [0.4, 0.5) is 4.79 Å². The number of alkyl carbamates (subject to hydrolysis) is 1. The first-order valence-electron chi connectivity index (χ1n) is 8.77. The maximum absolute atomic E-state index is 12.0. The molecule has 0 spiro atoms. The molecule has 1 aromatic carbocycles. The minimum Gasteiger partial charge on any atom is -0.462 e. The van der Waals surface area contributed by atoms with Crippen LogP contribution < -0.4 is 5.32 Å². The summed E-state index contributed by atoms with van der Waals surface area (Å²) in [5, 5.41) is 12.3. The van der Waals surface area contributed by atoms with Crippen molar-refractivity contribution in [1.29, 1.82) is 0 Å². The Morgan fingerprint density at radius 3 is 2.44 bits per heavy atom. The zero-order valence-electron chi connectivity index (χ0n) is 16.3. The van der Waals surface area contributed by atoms with Crippen LogP contribution in [-0.4, -0.2) is 48.1 Å². The van der Waals surface area contributed by atoms with Crippen LogP contribution in [0.3, 0.4) is 0 Å². The number of carbonyl (C=O) groups excluding carboxylic acids is 2.